The van der Waals surface area contributed by atoms with Gasteiger partial charge in [0, 0.05) is 12.6 Å². The summed E-state index contributed by atoms with van der Waals surface area (Å²) in [5.41, 5.74) is 1.56. The number of methoxy groups -OCH3 is 1. The molecule has 0 aliphatic rings. The van der Waals surface area contributed by atoms with Crippen molar-refractivity contribution in [2.75, 3.05) is 16.7 Å². The van der Waals surface area contributed by atoms with Crippen LogP contribution in [0.1, 0.15) is 12.5 Å². The molecule has 6 nitrogen and oxygen atoms in total. The van der Waals surface area contributed by atoms with E-state index in [1.165, 1.54) is 54.7 Å². The van der Waals surface area contributed by atoms with Gasteiger partial charge in [0.1, 0.15) is 11.6 Å². The Kier molecular flexibility index (Phi) is 6.37. The molecular weight excluding hydrogens is 407 g/mol. The summed E-state index contributed by atoms with van der Waals surface area (Å²) in [7, 11) is -2.41. The maximum atomic E-state index is 13.4. The predicted octanol–water partition coefficient (Wildman–Crippen LogP) is 4.19. The zero-order chi connectivity index (χ0) is 21.7. The van der Waals surface area contributed by atoms with Gasteiger partial charge in [0.15, 0.2) is 0 Å². The highest BCUT2D eigenvalue weighted by molar-refractivity contribution is 7.92. The van der Waals surface area contributed by atoms with Crippen LogP contribution >= 0.6 is 0 Å². The highest BCUT2D eigenvalue weighted by Crippen LogP contribution is 2.28. The van der Waals surface area contributed by atoms with Gasteiger partial charge in [-0.25, -0.2) is 12.8 Å². The zero-order valence-electron chi connectivity index (χ0n) is 16.5. The van der Waals surface area contributed by atoms with Crippen LogP contribution in [0.15, 0.2) is 77.7 Å². The molecule has 0 saturated carbocycles. The number of sulfonamides is 1. The first-order valence-corrected chi connectivity index (χ1v) is 10.5. The van der Waals surface area contributed by atoms with E-state index in [-0.39, 0.29) is 17.3 Å². The molecule has 1 N–H and O–H groups in total. The number of amides is 1. The van der Waals surface area contributed by atoms with Crippen LogP contribution < -0.4 is 14.4 Å². The molecule has 3 aromatic carbocycles. The summed E-state index contributed by atoms with van der Waals surface area (Å²) in [5.74, 6) is -0.0505. The smallest absolute Gasteiger partial charge is 0.264 e. The summed E-state index contributed by atoms with van der Waals surface area (Å²) in [4.78, 5) is 11.3. The van der Waals surface area contributed by atoms with Gasteiger partial charge in [-0.3, -0.25) is 9.10 Å². The molecule has 156 valence electrons. The largest absolute Gasteiger partial charge is 0.497 e. The van der Waals surface area contributed by atoms with Crippen LogP contribution in [-0.4, -0.2) is 21.4 Å². The minimum atomic E-state index is -3.94. The lowest BCUT2D eigenvalue weighted by molar-refractivity contribution is -0.114. The van der Waals surface area contributed by atoms with E-state index in [0.29, 0.717) is 22.7 Å². The van der Waals surface area contributed by atoms with E-state index in [9.17, 15) is 17.6 Å². The van der Waals surface area contributed by atoms with Crippen LogP contribution in [-0.2, 0) is 21.4 Å². The van der Waals surface area contributed by atoms with Crippen LogP contribution in [0.3, 0.4) is 0 Å². The third kappa shape index (κ3) is 4.96. The maximum absolute atomic E-state index is 13.4. The minimum Gasteiger partial charge on any atom is -0.497 e. The van der Waals surface area contributed by atoms with Gasteiger partial charge in [-0.15, -0.1) is 0 Å². The molecule has 0 unspecified atom stereocenters. The summed E-state index contributed by atoms with van der Waals surface area (Å²) in [5, 5.41) is 2.61. The van der Waals surface area contributed by atoms with E-state index < -0.39 is 15.8 Å². The van der Waals surface area contributed by atoms with Crippen LogP contribution in [0, 0.1) is 5.82 Å². The lowest BCUT2D eigenvalue weighted by Crippen LogP contribution is -2.30. The van der Waals surface area contributed by atoms with E-state index in [1.54, 1.807) is 36.4 Å². The van der Waals surface area contributed by atoms with Crippen molar-refractivity contribution in [2.24, 2.45) is 0 Å². The van der Waals surface area contributed by atoms with E-state index >= 15 is 0 Å². The molecule has 0 radical (unpaired) electrons. The molecular formula is C22H21FN2O4S. The second-order valence-corrected chi connectivity index (χ2v) is 8.40. The molecule has 0 aromatic heterocycles. The summed E-state index contributed by atoms with van der Waals surface area (Å²) >= 11 is 0. The number of carbonyl (C=O) groups excluding carboxylic acids is 1. The molecule has 3 aromatic rings. The third-order valence-corrected chi connectivity index (χ3v) is 6.15. The number of halogens is 1. The third-order valence-electron chi connectivity index (χ3n) is 4.36. The fourth-order valence-electron chi connectivity index (χ4n) is 2.86. The molecule has 0 aliphatic carbocycles. The quantitative estimate of drug-likeness (QED) is 0.612. The number of hydrogen-bond donors (Lipinski definition) is 1. The van der Waals surface area contributed by atoms with Crippen molar-refractivity contribution in [1.29, 1.82) is 0 Å². The van der Waals surface area contributed by atoms with Gasteiger partial charge in [0.2, 0.25) is 5.91 Å². The van der Waals surface area contributed by atoms with Crippen molar-refractivity contribution < 1.29 is 22.3 Å². The predicted molar refractivity (Wildman–Crippen MR) is 114 cm³/mol. The average molecular weight is 428 g/mol. The van der Waals surface area contributed by atoms with Crippen molar-refractivity contribution in [3.05, 3.63) is 84.2 Å². The fourth-order valence-corrected chi connectivity index (χ4v) is 4.31. The van der Waals surface area contributed by atoms with Crippen molar-refractivity contribution in [3.8, 4) is 5.75 Å². The number of hydrogen-bond acceptors (Lipinski definition) is 4. The summed E-state index contributed by atoms with van der Waals surface area (Å²) in [6.07, 6.45) is 0. The first kappa shape index (κ1) is 21.3. The SMILES string of the molecule is COc1ccc(N(Cc2ccc(F)cc2)S(=O)(=O)c2ccc(NC(C)=O)cc2)cc1. The number of carbonyl (C=O) groups is 1. The second kappa shape index (κ2) is 8.96. The van der Waals surface area contributed by atoms with Gasteiger partial charge in [-0.1, -0.05) is 12.1 Å². The number of benzene rings is 3. The zero-order valence-corrected chi connectivity index (χ0v) is 17.3. The molecule has 0 atom stereocenters. The molecule has 0 heterocycles. The van der Waals surface area contributed by atoms with Crippen molar-refractivity contribution in [2.45, 2.75) is 18.4 Å². The van der Waals surface area contributed by atoms with Crippen molar-refractivity contribution in [3.63, 3.8) is 0 Å². The molecule has 1 amide bonds. The molecule has 0 spiro atoms. The fraction of sp³-hybridized carbons (Fsp3) is 0.136. The van der Waals surface area contributed by atoms with Crippen LogP contribution in [0.5, 0.6) is 5.75 Å². The Morgan fingerprint density at radius 3 is 2.10 bits per heavy atom. The number of rotatable bonds is 7. The lowest BCUT2D eigenvalue weighted by atomic mass is 10.2. The number of anilines is 2. The summed E-state index contributed by atoms with van der Waals surface area (Å²) < 4.78 is 46.5. The van der Waals surface area contributed by atoms with Gasteiger partial charge >= 0.3 is 0 Å². The first-order chi connectivity index (χ1) is 14.3. The van der Waals surface area contributed by atoms with Crippen molar-refractivity contribution in [1.82, 2.24) is 0 Å². The monoisotopic (exact) mass is 428 g/mol. The Morgan fingerprint density at radius 2 is 1.57 bits per heavy atom. The molecule has 0 fully saturated rings. The normalized spacial score (nSPS) is 11.0. The first-order valence-electron chi connectivity index (χ1n) is 9.08. The Balaban J connectivity index is 2.00. The summed E-state index contributed by atoms with van der Waals surface area (Å²) in [6.45, 7) is 1.39. The van der Waals surface area contributed by atoms with Gasteiger partial charge in [-0.05, 0) is 66.2 Å². The van der Waals surface area contributed by atoms with Crippen LogP contribution in [0.4, 0.5) is 15.8 Å². The van der Waals surface area contributed by atoms with Gasteiger partial charge in [0.25, 0.3) is 10.0 Å². The molecule has 30 heavy (non-hydrogen) atoms. The van der Waals surface area contributed by atoms with E-state index in [1.807, 2.05) is 0 Å². The molecule has 0 bridgehead atoms. The topological polar surface area (TPSA) is 75.7 Å². The van der Waals surface area contributed by atoms with E-state index in [4.69, 9.17) is 4.74 Å². The van der Waals surface area contributed by atoms with Gasteiger partial charge in [0.05, 0.1) is 24.2 Å². The molecule has 3 rings (SSSR count). The Hall–Kier alpha value is -3.39. The Bertz CT molecular complexity index is 1110. The van der Waals surface area contributed by atoms with Crippen molar-refractivity contribution >= 4 is 27.3 Å². The molecule has 0 saturated heterocycles. The number of ether oxygens (including phenoxy) is 1. The highest BCUT2D eigenvalue weighted by Gasteiger charge is 2.25. The Morgan fingerprint density at radius 1 is 0.967 bits per heavy atom. The molecule has 0 aliphatic heterocycles. The lowest BCUT2D eigenvalue weighted by Gasteiger charge is -2.25. The van der Waals surface area contributed by atoms with Crippen LogP contribution in [0.25, 0.3) is 0 Å². The Labute approximate surface area is 175 Å². The van der Waals surface area contributed by atoms with E-state index in [2.05, 4.69) is 5.32 Å². The van der Waals surface area contributed by atoms with Gasteiger partial charge in [-0.2, -0.15) is 0 Å². The minimum absolute atomic E-state index is 0.0163. The average Bonchev–Trinajstić information content (AvgIpc) is 2.73. The molecule has 8 heteroatoms. The standard InChI is InChI=1S/C22H21FN2O4S/c1-16(26)24-19-7-13-22(14-8-19)30(27,28)25(15-17-3-5-18(23)6-4-17)20-9-11-21(29-2)12-10-20/h3-14H,15H2,1-2H3,(H,24,26). The maximum Gasteiger partial charge on any atom is 0.264 e. The van der Waals surface area contributed by atoms with Gasteiger partial charge < -0.3 is 10.1 Å². The highest BCUT2D eigenvalue weighted by atomic mass is 32.2. The summed E-state index contributed by atoms with van der Waals surface area (Å²) in [6, 6.07) is 18.2. The van der Waals surface area contributed by atoms with Crippen LogP contribution in [0.2, 0.25) is 0 Å². The number of nitrogens with zero attached hydrogens (tertiary/aromatic N) is 1. The van der Waals surface area contributed by atoms with E-state index in [0.717, 1.165) is 0 Å². The second-order valence-electron chi connectivity index (χ2n) is 6.54. The number of nitrogens with one attached hydrogen (secondary N) is 1.